The lowest BCUT2D eigenvalue weighted by Crippen LogP contribution is -2.25. The molecular weight excluding hydrogens is 432 g/mol. The Labute approximate surface area is 194 Å². The summed E-state index contributed by atoms with van der Waals surface area (Å²) in [4.78, 5) is 36.8. The lowest BCUT2D eigenvalue weighted by atomic mass is 9.95. The summed E-state index contributed by atoms with van der Waals surface area (Å²) in [6, 6.07) is 8.43. The molecule has 0 spiro atoms. The van der Waals surface area contributed by atoms with E-state index >= 15 is 0 Å². The van der Waals surface area contributed by atoms with Gasteiger partial charge in [-0.15, -0.1) is 11.3 Å². The van der Waals surface area contributed by atoms with Crippen LogP contribution in [0.25, 0.3) is 32.2 Å². The van der Waals surface area contributed by atoms with E-state index in [1.807, 2.05) is 29.7 Å². The minimum Gasteiger partial charge on any atom is -0.309 e. The molecule has 33 heavy (non-hydrogen) atoms. The summed E-state index contributed by atoms with van der Waals surface area (Å²) >= 11 is 1.52. The molecule has 0 amide bonds. The summed E-state index contributed by atoms with van der Waals surface area (Å²) in [6.07, 6.45) is 7.96. The van der Waals surface area contributed by atoms with Crippen molar-refractivity contribution in [1.29, 1.82) is 0 Å². The van der Waals surface area contributed by atoms with Crippen LogP contribution in [0.1, 0.15) is 48.9 Å². The molecule has 1 saturated carbocycles. The molecule has 8 heteroatoms. The van der Waals surface area contributed by atoms with Crippen LogP contribution < -0.4 is 5.56 Å². The Balaban J connectivity index is 1.50. The van der Waals surface area contributed by atoms with Gasteiger partial charge in [0, 0.05) is 42.0 Å². The second-order valence-electron chi connectivity index (χ2n) is 8.70. The standard InChI is InChI=1S/C25H22N6OS/c1-14(8-20-23-24(29-12-28-20)33-13-30-23)21-9-16-4-3-5-19(17-10-26-15(2)27-11-17)22(16)25(32)31(21)18-6-7-18/h3-5,9-14,18H,6-8H2,1-2H3/t14-/m1/s1. The number of benzene rings is 1. The zero-order chi connectivity index (χ0) is 22.5. The summed E-state index contributed by atoms with van der Waals surface area (Å²) in [6.45, 7) is 4.02. The Morgan fingerprint density at radius 2 is 1.94 bits per heavy atom. The average Bonchev–Trinajstić information content (AvgIpc) is 3.54. The van der Waals surface area contributed by atoms with Gasteiger partial charge in [0.15, 0.2) is 0 Å². The van der Waals surface area contributed by atoms with Crippen LogP contribution in [0.2, 0.25) is 0 Å². The second kappa shape index (κ2) is 7.81. The van der Waals surface area contributed by atoms with Crippen molar-refractivity contribution in [2.75, 3.05) is 0 Å². The van der Waals surface area contributed by atoms with E-state index in [4.69, 9.17) is 0 Å². The topological polar surface area (TPSA) is 86.5 Å². The first-order valence-electron chi connectivity index (χ1n) is 11.1. The average molecular weight is 455 g/mol. The third kappa shape index (κ3) is 3.51. The van der Waals surface area contributed by atoms with Crippen LogP contribution in [0.3, 0.4) is 0 Å². The predicted molar refractivity (Wildman–Crippen MR) is 130 cm³/mol. The van der Waals surface area contributed by atoms with Crippen LogP contribution in [0.15, 0.2) is 53.3 Å². The number of fused-ring (bicyclic) bond motifs is 2. The predicted octanol–water partition coefficient (Wildman–Crippen LogP) is 4.85. The number of thiazole rings is 1. The summed E-state index contributed by atoms with van der Waals surface area (Å²) in [5.41, 5.74) is 6.44. The number of aromatic nitrogens is 6. The summed E-state index contributed by atoms with van der Waals surface area (Å²) < 4.78 is 2.02. The van der Waals surface area contributed by atoms with Crippen molar-refractivity contribution < 1.29 is 0 Å². The fraction of sp³-hybridized carbons (Fsp3) is 0.280. The highest BCUT2D eigenvalue weighted by Gasteiger charge is 2.30. The lowest BCUT2D eigenvalue weighted by molar-refractivity contribution is 0.603. The van der Waals surface area contributed by atoms with Gasteiger partial charge in [0.25, 0.3) is 5.56 Å². The third-order valence-electron chi connectivity index (χ3n) is 6.33. The van der Waals surface area contributed by atoms with E-state index in [-0.39, 0.29) is 17.5 Å². The molecule has 0 saturated heterocycles. The fourth-order valence-corrected chi connectivity index (χ4v) is 5.19. The van der Waals surface area contributed by atoms with Gasteiger partial charge < -0.3 is 4.57 Å². The molecule has 7 nitrogen and oxygen atoms in total. The van der Waals surface area contributed by atoms with Crippen molar-refractivity contribution in [3.63, 3.8) is 0 Å². The number of hydrogen-bond donors (Lipinski definition) is 0. The molecule has 0 aliphatic heterocycles. The smallest absolute Gasteiger partial charge is 0.259 e. The first-order chi connectivity index (χ1) is 16.1. The summed E-state index contributed by atoms with van der Waals surface area (Å²) in [5, 5.41) is 1.68. The molecule has 0 N–H and O–H groups in total. The summed E-state index contributed by atoms with van der Waals surface area (Å²) in [7, 11) is 0. The molecular formula is C25H22N6OS. The quantitative estimate of drug-likeness (QED) is 0.377. The van der Waals surface area contributed by atoms with Crippen molar-refractivity contribution >= 4 is 32.5 Å². The fourth-order valence-electron chi connectivity index (χ4n) is 4.54. The molecule has 5 aromatic rings. The summed E-state index contributed by atoms with van der Waals surface area (Å²) in [5.74, 6) is 0.818. The first-order valence-corrected chi connectivity index (χ1v) is 12.0. The first kappa shape index (κ1) is 20.1. The Morgan fingerprint density at radius 3 is 2.73 bits per heavy atom. The van der Waals surface area contributed by atoms with E-state index in [9.17, 15) is 4.79 Å². The van der Waals surface area contributed by atoms with Gasteiger partial charge in [-0.1, -0.05) is 25.1 Å². The van der Waals surface area contributed by atoms with E-state index in [1.54, 1.807) is 24.2 Å². The molecule has 0 unspecified atom stereocenters. The molecule has 1 atom stereocenters. The van der Waals surface area contributed by atoms with Gasteiger partial charge >= 0.3 is 0 Å². The molecule has 1 aliphatic carbocycles. The van der Waals surface area contributed by atoms with E-state index in [0.29, 0.717) is 12.2 Å². The zero-order valence-corrected chi connectivity index (χ0v) is 19.2. The Morgan fingerprint density at radius 1 is 1.12 bits per heavy atom. The maximum Gasteiger partial charge on any atom is 0.259 e. The maximum absolute atomic E-state index is 13.9. The molecule has 1 fully saturated rings. The minimum atomic E-state index is 0.0644. The van der Waals surface area contributed by atoms with E-state index in [1.165, 1.54) is 11.3 Å². The highest BCUT2D eigenvalue weighted by molar-refractivity contribution is 7.16. The Bertz CT molecular complexity index is 1550. The number of hydrogen-bond acceptors (Lipinski definition) is 7. The number of aryl methyl sites for hydroxylation is 1. The van der Waals surface area contributed by atoms with Gasteiger partial charge in [-0.05, 0) is 36.8 Å². The largest absolute Gasteiger partial charge is 0.309 e. The molecule has 4 aromatic heterocycles. The van der Waals surface area contributed by atoms with Gasteiger partial charge in [0.1, 0.15) is 22.5 Å². The van der Waals surface area contributed by atoms with Gasteiger partial charge in [-0.25, -0.2) is 24.9 Å². The molecule has 164 valence electrons. The SMILES string of the molecule is Cc1ncc(-c2cccc3cc([C@H](C)Cc4ncnc5scnc45)n(C4CC4)c(=O)c23)cn1. The monoisotopic (exact) mass is 454 g/mol. The zero-order valence-electron chi connectivity index (χ0n) is 18.4. The van der Waals surface area contributed by atoms with Gasteiger partial charge in [0.2, 0.25) is 0 Å². The van der Waals surface area contributed by atoms with Gasteiger partial charge in [0.05, 0.1) is 16.6 Å². The highest BCUT2D eigenvalue weighted by atomic mass is 32.1. The molecule has 1 aromatic carbocycles. The normalized spacial score (nSPS) is 14.7. The number of nitrogens with zero attached hydrogens (tertiary/aromatic N) is 6. The lowest BCUT2D eigenvalue weighted by Gasteiger charge is -2.20. The van der Waals surface area contributed by atoms with Crippen LogP contribution in [0, 0.1) is 6.92 Å². The second-order valence-corrected chi connectivity index (χ2v) is 9.53. The van der Waals surface area contributed by atoms with Crippen LogP contribution in [0.4, 0.5) is 0 Å². The third-order valence-corrected chi connectivity index (χ3v) is 7.06. The minimum absolute atomic E-state index is 0.0644. The van der Waals surface area contributed by atoms with E-state index in [2.05, 4.69) is 37.9 Å². The molecule has 0 radical (unpaired) electrons. The van der Waals surface area contributed by atoms with E-state index < -0.39 is 0 Å². The van der Waals surface area contributed by atoms with Crippen LogP contribution in [0.5, 0.6) is 0 Å². The van der Waals surface area contributed by atoms with E-state index in [0.717, 1.165) is 56.5 Å². The van der Waals surface area contributed by atoms with Crippen molar-refractivity contribution in [3.05, 3.63) is 76.1 Å². The van der Waals surface area contributed by atoms with Crippen molar-refractivity contribution in [2.45, 2.75) is 45.1 Å². The molecule has 1 aliphatic rings. The Kier molecular flexibility index (Phi) is 4.76. The molecule has 0 bridgehead atoms. The number of pyridine rings is 1. The highest BCUT2D eigenvalue weighted by Crippen LogP contribution is 2.38. The van der Waals surface area contributed by atoms with Crippen LogP contribution >= 0.6 is 11.3 Å². The number of rotatable bonds is 5. The molecule has 4 heterocycles. The van der Waals surface area contributed by atoms with Crippen molar-refractivity contribution in [2.24, 2.45) is 0 Å². The van der Waals surface area contributed by atoms with Crippen LogP contribution in [-0.2, 0) is 6.42 Å². The van der Waals surface area contributed by atoms with Crippen molar-refractivity contribution in [1.82, 2.24) is 29.5 Å². The van der Waals surface area contributed by atoms with Crippen LogP contribution in [-0.4, -0.2) is 29.5 Å². The van der Waals surface area contributed by atoms with Gasteiger partial charge in [-0.3, -0.25) is 4.79 Å². The van der Waals surface area contributed by atoms with Crippen molar-refractivity contribution in [3.8, 4) is 11.1 Å². The Hall–Kier alpha value is -3.52. The van der Waals surface area contributed by atoms with Gasteiger partial charge in [-0.2, -0.15) is 0 Å². The molecule has 6 rings (SSSR count). The maximum atomic E-state index is 13.9.